The molecule has 0 spiro atoms. The Morgan fingerprint density at radius 2 is 1.86 bits per heavy atom. The van der Waals surface area contributed by atoms with E-state index in [1.165, 1.54) is 5.56 Å². The lowest BCUT2D eigenvalue weighted by atomic mass is 9.93. The summed E-state index contributed by atoms with van der Waals surface area (Å²) >= 11 is 5.94. The van der Waals surface area contributed by atoms with Crippen molar-refractivity contribution in [1.82, 2.24) is 10.3 Å². The predicted molar refractivity (Wildman–Crippen MR) is 91.1 cm³/mol. The monoisotopic (exact) mass is 318 g/mol. The fraction of sp³-hybridized carbons (Fsp3) is 0.389. The molecule has 0 amide bonds. The molecular weight excluding hydrogens is 296 g/mol. The summed E-state index contributed by atoms with van der Waals surface area (Å²) < 4.78 is 0. The molecule has 2 aromatic rings. The zero-order valence-corrected chi connectivity index (χ0v) is 13.8. The van der Waals surface area contributed by atoms with Crippen molar-refractivity contribution in [3.8, 4) is 0 Å². The van der Waals surface area contributed by atoms with E-state index in [1.807, 2.05) is 37.3 Å². The molecule has 3 nitrogen and oxygen atoms in total. The van der Waals surface area contributed by atoms with Crippen molar-refractivity contribution >= 4 is 11.6 Å². The zero-order valence-electron chi connectivity index (χ0n) is 13.0. The topological polar surface area (TPSA) is 45.1 Å². The lowest BCUT2D eigenvalue weighted by molar-refractivity contribution is 0.173. The number of benzene rings is 1. The second-order valence-corrected chi connectivity index (χ2v) is 6.12. The quantitative estimate of drug-likeness (QED) is 0.760. The number of nitrogens with zero attached hydrogens (tertiary/aromatic N) is 1. The van der Waals surface area contributed by atoms with Crippen molar-refractivity contribution in [1.29, 1.82) is 0 Å². The molecule has 0 saturated heterocycles. The van der Waals surface area contributed by atoms with Crippen molar-refractivity contribution in [2.75, 3.05) is 6.54 Å². The van der Waals surface area contributed by atoms with Gasteiger partial charge in [0.15, 0.2) is 0 Å². The summed E-state index contributed by atoms with van der Waals surface area (Å²) in [5.74, 6) is 0.279. The van der Waals surface area contributed by atoms with Gasteiger partial charge in [-0.25, -0.2) is 4.98 Å². The molecule has 0 aliphatic heterocycles. The molecule has 1 heterocycles. The third-order valence-electron chi connectivity index (χ3n) is 3.82. The molecule has 0 aliphatic carbocycles. The van der Waals surface area contributed by atoms with Gasteiger partial charge in [0.1, 0.15) is 5.15 Å². The highest BCUT2D eigenvalue weighted by Gasteiger charge is 2.15. The fourth-order valence-electron chi connectivity index (χ4n) is 2.60. The Morgan fingerprint density at radius 1 is 1.14 bits per heavy atom. The van der Waals surface area contributed by atoms with Gasteiger partial charge in [0, 0.05) is 18.8 Å². The number of aliphatic hydroxyl groups excluding tert-OH is 1. The number of halogens is 1. The highest BCUT2D eigenvalue weighted by Crippen LogP contribution is 2.22. The van der Waals surface area contributed by atoms with Crippen molar-refractivity contribution in [2.24, 2.45) is 0 Å². The first-order valence-electron chi connectivity index (χ1n) is 7.64. The van der Waals surface area contributed by atoms with Gasteiger partial charge in [0.25, 0.3) is 0 Å². The molecule has 1 aromatic carbocycles. The lowest BCUT2D eigenvalue weighted by Crippen LogP contribution is -2.26. The summed E-state index contributed by atoms with van der Waals surface area (Å²) in [6.07, 6.45) is 2.14. The molecule has 1 aromatic heterocycles. The number of nitrogens with one attached hydrogen (secondary N) is 1. The predicted octanol–water partition coefficient (Wildman–Crippen LogP) is 3.94. The second kappa shape index (κ2) is 8.28. The van der Waals surface area contributed by atoms with E-state index in [0.717, 1.165) is 18.5 Å². The third-order valence-corrected chi connectivity index (χ3v) is 4.02. The first-order chi connectivity index (χ1) is 10.6. The van der Waals surface area contributed by atoms with Crippen LogP contribution in [-0.2, 0) is 0 Å². The highest BCUT2D eigenvalue weighted by molar-refractivity contribution is 6.29. The van der Waals surface area contributed by atoms with Gasteiger partial charge in [0.2, 0.25) is 0 Å². The van der Waals surface area contributed by atoms with Crippen LogP contribution in [0.1, 0.15) is 43.4 Å². The number of hydrogen-bond acceptors (Lipinski definition) is 3. The molecular formula is C18H23ClN2O. The molecule has 0 bridgehead atoms. The smallest absolute Gasteiger partial charge is 0.129 e. The summed E-state index contributed by atoms with van der Waals surface area (Å²) in [5.41, 5.74) is 2.36. The lowest BCUT2D eigenvalue weighted by Gasteiger charge is -2.22. The SMILES string of the molecule is CC(O)CC(CNC(C)c1ccnc(Cl)c1)c1ccccc1. The van der Waals surface area contributed by atoms with Crippen LogP contribution in [0.4, 0.5) is 0 Å². The molecule has 4 heteroatoms. The van der Waals surface area contributed by atoms with Crippen LogP contribution in [0.15, 0.2) is 48.7 Å². The first-order valence-corrected chi connectivity index (χ1v) is 8.02. The molecule has 2 N–H and O–H groups in total. The molecule has 0 radical (unpaired) electrons. The normalized spacial score (nSPS) is 15.3. The molecule has 3 unspecified atom stereocenters. The van der Waals surface area contributed by atoms with Gasteiger partial charge in [-0.15, -0.1) is 0 Å². The van der Waals surface area contributed by atoms with Gasteiger partial charge < -0.3 is 10.4 Å². The van der Waals surface area contributed by atoms with Crippen LogP contribution in [0.2, 0.25) is 5.15 Å². The van der Waals surface area contributed by atoms with E-state index in [9.17, 15) is 5.11 Å². The van der Waals surface area contributed by atoms with Gasteiger partial charge in [-0.2, -0.15) is 0 Å². The average Bonchev–Trinajstić information content (AvgIpc) is 2.51. The van der Waals surface area contributed by atoms with Crippen LogP contribution in [0, 0.1) is 0 Å². The maximum atomic E-state index is 9.75. The van der Waals surface area contributed by atoms with E-state index in [-0.39, 0.29) is 18.1 Å². The van der Waals surface area contributed by atoms with E-state index in [1.54, 1.807) is 6.20 Å². The Bertz CT molecular complexity index is 574. The minimum atomic E-state index is -0.322. The van der Waals surface area contributed by atoms with Gasteiger partial charge in [-0.05, 0) is 49.4 Å². The van der Waals surface area contributed by atoms with Crippen molar-refractivity contribution in [3.05, 3.63) is 64.9 Å². The maximum absolute atomic E-state index is 9.75. The number of aliphatic hydroxyl groups is 1. The Hall–Kier alpha value is -1.42. The summed E-state index contributed by atoms with van der Waals surface area (Å²) in [5, 5.41) is 13.8. The van der Waals surface area contributed by atoms with E-state index < -0.39 is 0 Å². The molecule has 22 heavy (non-hydrogen) atoms. The van der Waals surface area contributed by atoms with E-state index in [0.29, 0.717) is 5.15 Å². The number of aromatic nitrogens is 1. The van der Waals surface area contributed by atoms with Crippen LogP contribution in [0.25, 0.3) is 0 Å². The number of hydrogen-bond donors (Lipinski definition) is 2. The highest BCUT2D eigenvalue weighted by atomic mass is 35.5. The Labute approximate surface area is 137 Å². The molecule has 118 valence electrons. The summed E-state index contributed by atoms with van der Waals surface area (Å²) in [6, 6.07) is 14.3. The van der Waals surface area contributed by atoms with Crippen molar-refractivity contribution in [2.45, 2.75) is 38.3 Å². The summed E-state index contributed by atoms with van der Waals surface area (Å²) in [7, 11) is 0. The number of pyridine rings is 1. The van der Waals surface area contributed by atoms with E-state index in [4.69, 9.17) is 11.6 Å². The largest absolute Gasteiger partial charge is 0.393 e. The number of rotatable bonds is 7. The molecule has 0 saturated carbocycles. The second-order valence-electron chi connectivity index (χ2n) is 5.73. The molecule has 0 fully saturated rings. The zero-order chi connectivity index (χ0) is 15.9. The van der Waals surface area contributed by atoms with E-state index >= 15 is 0 Å². The van der Waals surface area contributed by atoms with Crippen LogP contribution >= 0.6 is 11.6 Å². The summed E-state index contributed by atoms with van der Waals surface area (Å²) in [6.45, 7) is 4.74. The Balaban J connectivity index is 2.02. The minimum absolute atomic E-state index is 0.181. The molecule has 3 atom stereocenters. The maximum Gasteiger partial charge on any atom is 0.129 e. The fourth-order valence-corrected chi connectivity index (χ4v) is 2.78. The molecule has 2 rings (SSSR count). The van der Waals surface area contributed by atoms with Crippen molar-refractivity contribution in [3.63, 3.8) is 0 Å². The molecule has 0 aliphatic rings. The average molecular weight is 319 g/mol. The standard InChI is InChI=1S/C18H23ClN2O/c1-13(22)10-17(15-6-4-3-5-7-15)12-21-14(2)16-8-9-20-18(19)11-16/h3-9,11,13-14,17,21-22H,10,12H2,1-2H3. The van der Waals surface area contributed by atoms with Crippen LogP contribution in [-0.4, -0.2) is 22.7 Å². The van der Waals surface area contributed by atoms with Gasteiger partial charge >= 0.3 is 0 Å². The van der Waals surface area contributed by atoms with Gasteiger partial charge in [-0.3, -0.25) is 0 Å². The van der Waals surface area contributed by atoms with Crippen LogP contribution < -0.4 is 5.32 Å². The summed E-state index contributed by atoms with van der Waals surface area (Å²) in [4.78, 5) is 4.01. The minimum Gasteiger partial charge on any atom is -0.393 e. The van der Waals surface area contributed by atoms with Gasteiger partial charge in [0.05, 0.1) is 6.10 Å². The third kappa shape index (κ3) is 5.09. The Morgan fingerprint density at radius 3 is 2.50 bits per heavy atom. The first kappa shape index (κ1) is 16.9. The van der Waals surface area contributed by atoms with Crippen molar-refractivity contribution < 1.29 is 5.11 Å². The van der Waals surface area contributed by atoms with E-state index in [2.05, 4.69) is 29.4 Å². The van der Waals surface area contributed by atoms with Crippen LogP contribution in [0.3, 0.4) is 0 Å². The Kier molecular flexibility index (Phi) is 6.37. The van der Waals surface area contributed by atoms with Gasteiger partial charge in [-0.1, -0.05) is 41.9 Å². The van der Waals surface area contributed by atoms with Crippen LogP contribution in [0.5, 0.6) is 0 Å².